The van der Waals surface area contributed by atoms with E-state index in [1.165, 1.54) is 0 Å². The maximum absolute atomic E-state index is 12.8. The van der Waals surface area contributed by atoms with Crippen LogP contribution in [0.4, 0.5) is 0 Å². The van der Waals surface area contributed by atoms with Gasteiger partial charge in [0.15, 0.2) is 12.4 Å². The number of esters is 2. The maximum atomic E-state index is 12.8. The van der Waals surface area contributed by atoms with Gasteiger partial charge in [0.25, 0.3) is 0 Å². The molecule has 1 fully saturated rings. The molecule has 0 aromatic carbocycles. The smallest absolute Gasteiger partial charge is 0.472 e. The average Bonchev–Trinajstić information content (AvgIpc) is 3.23. The van der Waals surface area contributed by atoms with Crippen LogP contribution in [-0.2, 0) is 42.2 Å². The van der Waals surface area contributed by atoms with E-state index in [0.717, 1.165) is 51.4 Å². The highest BCUT2D eigenvalue weighted by molar-refractivity contribution is 7.47. The second kappa shape index (κ2) is 35.9. The first-order valence-electron chi connectivity index (χ1n) is 22.0. The third kappa shape index (κ3) is 30.5. The molecular formula is C46H74NO14P. The molecule has 0 aromatic rings. The Morgan fingerprint density at radius 3 is 1.94 bits per heavy atom. The van der Waals surface area contributed by atoms with Gasteiger partial charge in [0, 0.05) is 25.2 Å². The lowest BCUT2D eigenvalue weighted by Gasteiger charge is -2.36. The molecule has 0 bridgehead atoms. The van der Waals surface area contributed by atoms with Crippen molar-refractivity contribution in [1.29, 1.82) is 0 Å². The lowest BCUT2D eigenvalue weighted by molar-refractivity contribution is -0.199. The molecule has 2 unspecified atom stereocenters. The number of aliphatic hydroxyl groups excluding tert-OH is 3. The molecule has 15 nitrogen and oxygen atoms in total. The van der Waals surface area contributed by atoms with E-state index < -0.39 is 82.3 Å². The fourth-order valence-corrected chi connectivity index (χ4v) is 6.68. The minimum atomic E-state index is -4.81. The zero-order valence-electron chi connectivity index (χ0n) is 36.7. The van der Waals surface area contributed by atoms with Crippen molar-refractivity contribution >= 4 is 25.7 Å². The molecular weight excluding hydrogens is 821 g/mol. The number of carboxylic acid groups (broad SMARTS) is 1. The van der Waals surface area contributed by atoms with Crippen molar-refractivity contribution in [2.75, 3.05) is 19.8 Å². The molecule has 1 aliphatic heterocycles. The van der Waals surface area contributed by atoms with Crippen LogP contribution in [0.2, 0.25) is 0 Å². The average molecular weight is 896 g/mol. The number of rotatable bonds is 35. The zero-order chi connectivity index (χ0) is 45.9. The molecule has 0 saturated carbocycles. The molecule has 0 amide bonds. The van der Waals surface area contributed by atoms with Crippen molar-refractivity contribution in [3.63, 3.8) is 0 Å². The lowest BCUT2D eigenvalue weighted by Crippen LogP contribution is -2.43. The van der Waals surface area contributed by atoms with Crippen LogP contribution >= 0.6 is 7.82 Å². The molecule has 7 N–H and O–H groups in total. The SMILES string of the molecule is CC/C=C\C/C=C\C/C=C\C/C=C\C/C=C\CCCC(=O)OC[C@H](COP(=O)(O)OC[C@H](N)C(=O)O)OC(=O)CCC/C=C\C[C@H]1[C@@H](O)CC(O)O[C@@H]1/C=C/[C@@H](O)CCCCC. The summed E-state index contributed by atoms with van der Waals surface area (Å²) in [7, 11) is -4.81. The van der Waals surface area contributed by atoms with Crippen LogP contribution in [0, 0.1) is 5.92 Å². The number of unbranched alkanes of at least 4 members (excludes halogenated alkanes) is 4. The Hall–Kier alpha value is -3.50. The Morgan fingerprint density at radius 1 is 0.774 bits per heavy atom. The normalized spacial score (nSPS) is 21.2. The summed E-state index contributed by atoms with van der Waals surface area (Å²) in [5.41, 5.74) is 5.33. The third-order valence-corrected chi connectivity index (χ3v) is 10.4. The van der Waals surface area contributed by atoms with Gasteiger partial charge in [-0.2, -0.15) is 0 Å². The highest BCUT2D eigenvalue weighted by Crippen LogP contribution is 2.43. The van der Waals surface area contributed by atoms with Crippen molar-refractivity contribution in [3.8, 4) is 0 Å². The van der Waals surface area contributed by atoms with Gasteiger partial charge in [-0.1, -0.05) is 118 Å². The minimum absolute atomic E-state index is 0.0502. The van der Waals surface area contributed by atoms with Crippen LogP contribution in [0.15, 0.2) is 85.1 Å². The first-order valence-corrected chi connectivity index (χ1v) is 23.5. The highest BCUT2D eigenvalue weighted by Gasteiger charge is 2.35. The number of phosphoric acid groups is 1. The van der Waals surface area contributed by atoms with Gasteiger partial charge in [-0.15, -0.1) is 0 Å². The molecule has 1 heterocycles. The highest BCUT2D eigenvalue weighted by atomic mass is 31.2. The molecule has 8 atom stereocenters. The molecule has 62 heavy (non-hydrogen) atoms. The standard InChI is InChI=1S/C46H74NO14P/c1-3-5-7-8-9-10-11-12-13-14-15-16-17-18-19-20-25-29-43(50)57-34-38(35-58-62(55,56)59-36-40(47)46(53)54)60-44(51)30-26-22-21-24-28-39-41(49)33-45(52)61-42(39)32-31-37(48)27-23-6-4-2/h5,7,9-10,12-13,15-16,18-19,21,24,31-32,37-42,45,48-49,52H,3-4,6,8,11,14,17,20,22-23,25-30,33-36,47H2,1-2H3,(H,53,54)(H,55,56)/b7-5-,10-9-,13-12-,16-15-,19-18-,24-21-,32-31+/t37-,38+,39-,40-,41-,42+,45?/m0/s1. The number of phosphoric ester groups is 1. The first kappa shape index (κ1) is 56.5. The van der Waals surface area contributed by atoms with Gasteiger partial charge < -0.3 is 45.3 Å². The molecule has 0 aromatic heterocycles. The Labute approximate surface area is 368 Å². The summed E-state index contributed by atoms with van der Waals surface area (Å²) in [4.78, 5) is 46.2. The Bertz CT molecular complexity index is 1490. The number of allylic oxidation sites excluding steroid dienone is 12. The summed E-state index contributed by atoms with van der Waals surface area (Å²) in [6.07, 6.45) is 34.2. The number of nitrogens with two attached hydrogens (primary N) is 1. The number of carbonyl (C=O) groups excluding carboxylic acids is 2. The number of ether oxygens (including phenoxy) is 3. The van der Waals surface area contributed by atoms with Gasteiger partial charge >= 0.3 is 25.7 Å². The van der Waals surface area contributed by atoms with Crippen molar-refractivity contribution < 1.29 is 67.5 Å². The fourth-order valence-electron chi connectivity index (χ4n) is 5.90. The number of hydrogen-bond acceptors (Lipinski definition) is 13. The van der Waals surface area contributed by atoms with Gasteiger partial charge in [-0.05, 0) is 70.6 Å². The quantitative estimate of drug-likeness (QED) is 0.0155. The van der Waals surface area contributed by atoms with Gasteiger partial charge in [-0.25, -0.2) is 4.57 Å². The summed E-state index contributed by atoms with van der Waals surface area (Å²) < 4.78 is 38.3. The van der Waals surface area contributed by atoms with E-state index in [4.69, 9.17) is 29.6 Å². The van der Waals surface area contributed by atoms with Crippen molar-refractivity contribution in [3.05, 3.63) is 85.1 Å². The predicted octanol–water partition coefficient (Wildman–Crippen LogP) is 7.61. The van der Waals surface area contributed by atoms with Gasteiger partial charge in [0.05, 0.1) is 31.5 Å². The molecule has 352 valence electrons. The summed E-state index contributed by atoms with van der Waals surface area (Å²) in [6, 6.07) is -1.58. The van der Waals surface area contributed by atoms with Crippen molar-refractivity contribution in [2.24, 2.45) is 11.7 Å². The van der Waals surface area contributed by atoms with Crippen LogP contribution < -0.4 is 5.73 Å². The lowest BCUT2D eigenvalue weighted by atomic mass is 9.87. The minimum Gasteiger partial charge on any atom is -0.480 e. The summed E-state index contributed by atoms with van der Waals surface area (Å²) in [5, 5.41) is 39.9. The molecule has 1 rings (SSSR count). The second-order valence-corrected chi connectivity index (χ2v) is 16.4. The maximum Gasteiger partial charge on any atom is 0.472 e. The fraction of sp³-hybridized carbons (Fsp3) is 0.630. The zero-order valence-corrected chi connectivity index (χ0v) is 37.6. The van der Waals surface area contributed by atoms with E-state index in [1.54, 1.807) is 12.2 Å². The van der Waals surface area contributed by atoms with E-state index in [-0.39, 0.29) is 25.2 Å². The molecule has 1 saturated heterocycles. The molecule has 0 aliphatic carbocycles. The monoisotopic (exact) mass is 895 g/mol. The molecule has 16 heteroatoms. The predicted molar refractivity (Wildman–Crippen MR) is 238 cm³/mol. The molecule has 0 radical (unpaired) electrons. The number of carboxylic acids is 1. The van der Waals surface area contributed by atoms with Crippen LogP contribution in [0.3, 0.4) is 0 Å². The number of aliphatic carboxylic acids is 1. The van der Waals surface area contributed by atoms with Crippen LogP contribution in [0.1, 0.15) is 123 Å². The number of carbonyl (C=O) groups is 3. The van der Waals surface area contributed by atoms with Gasteiger partial charge in [0.1, 0.15) is 12.6 Å². The van der Waals surface area contributed by atoms with Gasteiger partial charge in [-0.3, -0.25) is 23.4 Å². The van der Waals surface area contributed by atoms with Crippen molar-refractivity contribution in [2.45, 2.75) is 160 Å². The Balaban J connectivity index is 2.59. The number of aliphatic hydroxyl groups is 3. The second-order valence-electron chi connectivity index (χ2n) is 15.0. The van der Waals surface area contributed by atoms with E-state index >= 15 is 0 Å². The summed E-state index contributed by atoms with van der Waals surface area (Å²) >= 11 is 0. The van der Waals surface area contributed by atoms with Crippen LogP contribution in [0.5, 0.6) is 0 Å². The molecule has 1 aliphatic rings. The summed E-state index contributed by atoms with van der Waals surface area (Å²) in [5.74, 6) is -3.06. The number of hydrogen-bond donors (Lipinski definition) is 6. The largest absolute Gasteiger partial charge is 0.480 e. The Morgan fingerprint density at radius 2 is 1.34 bits per heavy atom. The topological polar surface area (TPSA) is 242 Å². The first-order chi connectivity index (χ1) is 29.8. The van der Waals surface area contributed by atoms with Crippen LogP contribution in [-0.4, -0.2) is 99.8 Å². The van der Waals surface area contributed by atoms with Gasteiger partial charge in [0.2, 0.25) is 0 Å². The third-order valence-electron chi connectivity index (χ3n) is 9.42. The van der Waals surface area contributed by atoms with E-state index in [9.17, 15) is 39.2 Å². The van der Waals surface area contributed by atoms with E-state index in [2.05, 4.69) is 67.0 Å². The van der Waals surface area contributed by atoms with E-state index in [1.807, 2.05) is 24.3 Å². The Kier molecular flexibility index (Phi) is 32.7. The molecule has 0 spiro atoms. The summed E-state index contributed by atoms with van der Waals surface area (Å²) in [6.45, 7) is 2.22. The van der Waals surface area contributed by atoms with Crippen LogP contribution in [0.25, 0.3) is 0 Å². The van der Waals surface area contributed by atoms with Crippen molar-refractivity contribution in [1.82, 2.24) is 0 Å². The van der Waals surface area contributed by atoms with E-state index in [0.29, 0.717) is 38.5 Å².